The van der Waals surface area contributed by atoms with Gasteiger partial charge in [0.05, 0.1) is 0 Å². The van der Waals surface area contributed by atoms with Gasteiger partial charge in [-0.15, -0.1) is 11.8 Å². The first-order chi connectivity index (χ1) is 9.21. The second kappa shape index (κ2) is 6.78. The molecule has 19 heavy (non-hydrogen) atoms. The fourth-order valence-electron chi connectivity index (χ4n) is 1.71. The molecule has 0 aliphatic carbocycles. The van der Waals surface area contributed by atoms with E-state index in [1.807, 2.05) is 12.1 Å². The van der Waals surface area contributed by atoms with E-state index in [4.69, 9.17) is 11.6 Å². The maximum absolute atomic E-state index is 6.02. The number of benzene rings is 1. The smallest absolute Gasteiger partial charge is 0.135 e. The molecule has 1 heterocycles. The molecule has 2 aromatic rings. The average molecular weight is 294 g/mol. The standard InChI is InChI=1S/C14H16ClN3S/c1-3-5-13-17-12(15)9-14(18-13)16-10-6-4-7-11(8-10)19-2/h4,6-9H,3,5H2,1-2H3,(H,16,17,18). The maximum atomic E-state index is 6.02. The number of aromatic nitrogens is 2. The topological polar surface area (TPSA) is 37.8 Å². The average Bonchev–Trinajstić information content (AvgIpc) is 2.38. The predicted octanol–water partition coefficient (Wildman–Crippen LogP) is 4.55. The van der Waals surface area contributed by atoms with Gasteiger partial charge >= 0.3 is 0 Å². The minimum atomic E-state index is 0.474. The molecule has 100 valence electrons. The summed E-state index contributed by atoms with van der Waals surface area (Å²) in [5, 5.41) is 3.74. The van der Waals surface area contributed by atoms with Crippen molar-refractivity contribution in [1.82, 2.24) is 9.97 Å². The first-order valence-corrected chi connectivity index (χ1v) is 7.76. The van der Waals surface area contributed by atoms with Crippen LogP contribution in [0.15, 0.2) is 35.2 Å². The molecule has 1 aromatic heterocycles. The third-order valence-corrected chi connectivity index (χ3v) is 3.48. The van der Waals surface area contributed by atoms with E-state index in [2.05, 4.69) is 40.6 Å². The van der Waals surface area contributed by atoms with Crippen molar-refractivity contribution in [1.29, 1.82) is 0 Å². The van der Waals surface area contributed by atoms with Gasteiger partial charge in [-0.3, -0.25) is 0 Å². The third-order valence-electron chi connectivity index (χ3n) is 2.56. The van der Waals surface area contributed by atoms with Crippen molar-refractivity contribution >= 4 is 34.9 Å². The van der Waals surface area contributed by atoms with Gasteiger partial charge in [0.2, 0.25) is 0 Å². The molecule has 0 saturated heterocycles. The van der Waals surface area contributed by atoms with Crippen LogP contribution in [0, 0.1) is 0 Å². The van der Waals surface area contributed by atoms with E-state index in [9.17, 15) is 0 Å². The molecular weight excluding hydrogens is 278 g/mol. The Morgan fingerprint density at radius 2 is 2.11 bits per heavy atom. The Kier molecular flexibility index (Phi) is 5.05. The summed E-state index contributed by atoms with van der Waals surface area (Å²) in [7, 11) is 0. The molecule has 0 spiro atoms. The molecule has 0 bridgehead atoms. The van der Waals surface area contributed by atoms with Crippen molar-refractivity contribution in [3.8, 4) is 0 Å². The Balaban J connectivity index is 2.22. The highest BCUT2D eigenvalue weighted by atomic mass is 35.5. The molecule has 0 aliphatic heterocycles. The fraction of sp³-hybridized carbons (Fsp3) is 0.286. The van der Waals surface area contributed by atoms with E-state index in [1.165, 1.54) is 4.90 Å². The molecule has 1 N–H and O–H groups in total. The second-order valence-electron chi connectivity index (χ2n) is 4.10. The number of aryl methyl sites for hydroxylation is 1. The lowest BCUT2D eigenvalue weighted by Gasteiger charge is -2.08. The number of halogens is 1. The van der Waals surface area contributed by atoms with E-state index < -0.39 is 0 Å². The molecule has 5 heteroatoms. The fourth-order valence-corrected chi connectivity index (χ4v) is 2.37. The molecule has 0 amide bonds. The summed E-state index contributed by atoms with van der Waals surface area (Å²) >= 11 is 7.72. The molecule has 0 saturated carbocycles. The van der Waals surface area contributed by atoms with Crippen molar-refractivity contribution in [3.63, 3.8) is 0 Å². The highest BCUT2D eigenvalue weighted by Crippen LogP contribution is 2.22. The van der Waals surface area contributed by atoms with Crippen LogP contribution in [-0.4, -0.2) is 16.2 Å². The SMILES string of the molecule is CCCc1nc(Cl)cc(Nc2cccc(SC)c2)n1. The molecule has 2 rings (SSSR count). The molecule has 3 nitrogen and oxygen atoms in total. The number of nitrogens with one attached hydrogen (secondary N) is 1. The summed E-state index contributed by atoms with van der Waals surface area (Å²) in [6, 6.07) is 9.93. The van der Waals surface area contributed by atoms with Crippen molar-refractivity contribution < 1.29 is 0 Å². The van der Waals surface area contributed by atoms with Gasteiger partial charge in [-0.1, -0.05) is 24.6 Å². The largest absolute Gasteiger partial charge is 0.340 e. The molecular formula is C14H16ClN3S. The number of anilines is 2. The van der Waals surface area contributed by atoms with E-state index >= 15 is 0 Å². The Labute approximate surface area is 122 Å². The van der Waals surface area contributed by atoms with Crippen LogP contribution in [0.4, 0.5) is 11.5 Å². The van der Waals surface area contributed by atoms with Gasteiger partial charge in [-0.25, -0.2) is 9.97 Å². The summed E-state index contributed by atoms with van der Waals surface area (Å²) < 4.78 is 0. The van der Waals surface area contributed by atoms with Crippen LogP contribution < -0.4 is 5.32 Å². The summed E-state index contributed by atoms with van der Waals surface area (Å²) in [4.78, 5) is 9.88. The molecule has 0 radical (unpaired) electrons. The lowest BCUT2D eigenvalue weighted by molar-refractivity contribution is 0.837. The molecule has 1 aromatic carbocycles. The number of thioether (sulfide) groups is 1. The third kappa shape index (κ3) is 4.11. The molecule has 0 unspecified atom stereocenters. The van der Waals surface area contributed by atoms with Crippen molar-refractivity contribution in [3.05, 3.63) is 41.3 Å². The lowest BCUT2D eigenvalue weighted by Crippen LogP contribution is -2.00. The number of hydrogen-bond acceptors (Lipinski definition) is 4. The number of hydrogen-bond donors (Lipinski definition) is 1. The minimum absolute atomic E-state index is 0.474. The Hall–Kier alpha value is -1.26. The van der Waals surface area contributed by atoms with E-state index in [0.29, 0.717) is 5.15 Å². The van der Waals surface area contributed by atoms with Crippen LogP contribution in [0.2, 0.25) is 5.15 Å². The summed E-state index contributed by atoms with van der Waals surface area (Å²) in [6.07, 6.45) is 3.89. The molecule has 0 atom stereocenters. The van der Waals surface area contributed by atoms with Gasteiger partial charge in [0, 0.05) is 23.1 Å². The van der Waals surface area contributed by atoms with Gasteiger partial charge in [-0.2, -0.15) is 0 Å². The minimum Gasteiger partial charge on any atom is -0.340 e. The summed E-state index contributed by atoms with van der Waals surface area (Å²) in [6.45, 7) is 2.10. The van der Waals surface area contributed by atoms with E-state index in [0.717, 1.165) is 30.2 Å². The zero-order chi connectivity index (χ0) is 13.7. The molecule has 0 fully saturated rings. The summed E-state index contributed by atoms with van der Waals surface area (Å²) in [5.74, 6) is 1.51. The first kappa shape index (κ1) is 14.2. The molecule has 0 aliphatic rings. The highest BCUT2D eigenvalue weighted by molar-refractivity contribution is 7.98. The van der Waals surface area contributed by atoms with Gasteiger partial charge in [-0.05, 0) is 30.9 Å². The maximum Gasteiger partial charge on any atom is 0.135 e. The van der Waals surface area contributed by atoms with Gasteiger partial charge in [0.25, 0.3) is 0 Å². The van der Waals surface area contributed by atoms with Crippen LogP contribution in [0.1, 0.15) is 19.2 Å². The van der Waals surface area contributed by atoms with Crippen LogP contribution in [0.3, 0.4) is 0 Å². The van der Waals surface area contributed by atoms with E-state index in [1.54, 1.807) is 17.8 Å². The van der Waals surface area contributed by atoms with Crippen LogP contribution >= 0.6 is 23.4 Å². The zero-order valence-corrected chi connectivity index (χ0v) is 12.6. The lowest BCUT2D eigenvalue weighted by atomic mass is 10.3. The van der Waals surface area contributed by atoms with Crippen LogP contribution in [0.25, 0.3) is 0 Å². The van der Waals surface area contributed by atoms with Crippen LogP contribution in [0.5, 0.6) is 0 Å². The highest BCUT2D eigenvalue weighted by Gasteiger charge is 2.03. The Bertz CT molecular complexity index is 560. The monoisotopic (exact) mass is 293 g/mol. The van der Waals surface area contributed by atoms with Crippen LogP contribution in [-0.2, 0) is 6.42 Å². The Morgan fingerprint density at radius 3 is 2.84 bits per heavy atom. The first-order valence-electron chi connectivity index (χ1n) is 6.16. The van der Waals surface area contributed by atoms with E-state index in [-0.39, 0.29) is 0 Å². The predicted molar refractivity (Wildman–Crippen MR) is 82.5 cm³/mol. The Morgan fingerprint density at radius 1 is 1.26 bits per heavy atom. The van der Waals surface area contributed by atoms with Crippen molar-refractivity contribution in [2.75, 3.05) is 11.6 Å². The van der Waals surface area contributed by atoms with Crippen molar-refractivity contribution in [2.45, 2.75) is 24.7 Å². The number of rotatable bonds is 5. The van der Waals surface area contributed by atoms with Gasteiger partial charge < -0.3 is 5.32 Å². The zero-order valence-electron chi connectivity index (χ0n) is 11.0. The quantitative estimate of drug-likeness (QED) is 0.648. The van der Waals surface area contributed by atoms with Gasteiger partial charge in [0.1, 0.15) is 16.8 Å². The number of nitrogens with zero attached hydrogens (tertiary/aromatic N) is 2. The van der Waals surface area contributed by atoms with Crippen molar-refractivity contribution in [2.24, 2.45) is 0 Å². The second-order valence-corrected chi connectivity index (χ2v) is 5.37. The van der Waals surface area contributed by atoms with Gasteiger partial charge in [0.15, 0.2) is 0 Å². The normalized spacial score (nSPS) is 10.5. The summed E-state index contributed by atoms with van der Waals surface area (Å²) in [5.41, 5.74) is 1.00.